The van der Waals surface area contributed by atoms with Gasteiger partial charge in [0.2, 0.25) is 0 Å². The Hall–Kier alpha value is -0.410. The maximum atomic E-state index is 11.1. The Labute approximate surface area is 112 Å². The minimum atomic E-state index is -0.430. The molecule has 2 nitrogen and oxygen atoms in total. The van der Waals surface area contributed by atoms with E-state index in [0.29, 0.717) is 5.92 Å². The molecule has 5 atom stereocenters. The Morgan fingerprint density at radius 2 is 2.28 bits per heavy atom. The number of hydrogen-bond acceptors (Lipinski definition) is 3. The highest BCUT2D eigenvalue weighted by Crippen LogP contribution is 2.62. The lowest BCUT2D eigenvalue weighted by atomic mass is 9.72. The smallest absolute Gasteiger partial charge is 0.0956 e. The lowest BCUT2D eigenvalue weighted by Gasteiger charge is -2.38. The van der Waals surface area contributed by atoms with E-state index >= 15 is 0 Å². The van der Waals surface area contributed by atoms with Crippen LogP contribution in [0.1, 0.15) is 42.8 Å². The van der Waals surface area contributed by atoms with E-state index in [1.54, 1.807) is 11.3 Å². The quantitative estimate of drug-likeness (QED) is 0.889. The molecule has 0 radical (unpaired) electrons. The molecule has 1 N–H and O–H groups in total. The summed E-state index contributed by atoms with van der Waals surface area (Å²) in [7, 11) is 0. The second-order valence-corrected chi connectivity index (χ2v) is 7.67. The van der Waals surface area contributed by atoms with Gasteiger partial charge in [0.15, 0.2) is 0 Å². The highest BCUT2D eigenvalue weighted by atomic mass is 32.1. The first-order valence-corrected chi connectivity index (χ1v) is 8.17. The Bertz CT molecular complexity index is 471. The fourth-order valence-corrected chi connectivity index (χ4v) is 6.07. The van der Waals surface area contributed by atoms with Gasteiger partial charge in [-0.25, -0.2) is 4.98 Å². The minimum absolute atomic E-state index is 0.430. The summed E-state index contributed by atoms with van der Waals surface area (Å²) in [6.07, 6.45) is 7.32. The Kier molecular flexibility index (Phi) is 2.41. The first-order valence-electron chi connectivity index (χ1n) is 7.29. The highest BCUT2D eigenvalue weighted by Gasteiger charge is 2.60. The molecular formula is C15H21NOS. The number of rotatable bonds is 2. The van der Waals surface area contributed by atoms with E-state index in [4.69, 9.17) is 0 Å². The highest BCUT2D eigenvalue weighted by molar-refractivity contribution is 7.09. The SMILES string of the molecule is Cc1csc(CC2(O)CC3CC2C2CCCC32)n1. The van der Waals surface area contributed by atoms with Crippen LogP contribution in [0.3, 0.4) is 0 Å². The molecule has 0 saturated heterocycles. The first-order chi connectivity index (χ1) is 8.66. The summed E-state index contributed by atoms with van der Waals surface area (Å²) in [5.74, 6) is 3.16. The van der Waals surface area contributed by atoms with Gasteiger partial charge in [-0.3, -0.25) is 0 Å². The topological polar surface area (TPSA) is 33.1 Å². The minimum Gasteiger partial charge on any atom is -0.389 e. The maximum Gasteiger partial charge on any atom is 0.0956 e. The largest absolute Gasteiger partial charge is 0.389 e. The number of thiazole rings is 1. The van der Waals surface area contributed by atoms with E-state index in [1.165, 1.54) is 25.7 Å². The second kappa shape index (κ2) is 3.80. The van der Waals surface area contributed by atoms with E-state index < -0.39 is 5.60 Å². The zero-order valence-electron chi connectivity index (χ0n) is 10.9. The van der Waals surface area contributed by atoms with Crippen LogP contribution in [-0.2, 0) is 6.42 Å². The number of hydrogen-bond donors (Lipinski definition) is 1. The van der Waals surface area contributed by atoms with Crippen molar-refractivity contribution in [3.8, 4) is 0 Å². The van der Waals surface area contributed by atoms with Crippen molar-refractivity contribution >= 4 is 11.3 Å². The second-order valence-electron chi connectivity index (χ2n) is 6.73. The van der Waals surface area contributed by atoms with Crippen LogP contribution >= 0.6 is 11.3 Å². The number of aliphatic hydroxyl groups is 1. The van der Waals surface area contributed by atoms with Gasteiger partial charge in [-0.15, -0.1) is 11.3 Å². The van der Waals surface area contributed by atoms with E-state index in [2.05, 4.69) is 10.4 Å². The molecular weight excluding hydrogens is 242 g/mol. The summed E-state index contributed by atoms with van der Waals surface area (Å²) in [4.78, 5) is 4.55. The molecule has 1 heterocycles. The van der Waals surface area contributed by atoms with Crippen molar-refractivity contribution in [2.24, 2.45) is 23.7 Å². The molecule has 4 rings (SSSR count). The third-order valence-electron chi connectivity index (χ3n) is 5.73. The third-order valence-corrected chi connectivity index (χ3v) is 6.70. The normalized spacial score (nSPS) is 45.7. The number of nitrogens with zero attached hydrogens (tertiary/aromatic N) is 1. The molecule has 0 amide bonds. The van der Waals surface area contributed by atoms with Crippen molar-refractivity contribution in [1.82, 2.24) is 4.98 Å². The Morgan fingerprint density at radius 3 is 3.06 bits per heavy atom. The third kappa shape index (κ3) is 1.53. The molecule has 3 aliphatic rings. The standard InChI is InChI=1S/C15H21NOS/c1-9-8-18-14(16-9)7-15(17)6-10-5-13(15)12-4-2-3-11(10)12/h8,10-13,17H,2-7H2,1H3. The van der Waals surface area contributed by atoms with Gasteiger partial charge in [-0.1, -0.05) is 6.42 Å². The summed E-state index contributed by atoms with van der Waals surface area (Å²) in [6, 6.07) is 0. The molecule has 3 aliphatic carbocycles. The first kappa shape index (κ1) is 11.4. The molecule has 3 heteroatoms. The summed E-state index contributed by atoms with van der Waals surface area (Å²) in [6.45, 7) is 2.04. The molecule has 0 spiro atoms. The lowest BCUT2D eigenvalue weighted by Crippen LogP contribution is -2.43. The summed E-state index contributed by atoms with van der Waals surface area (Å²) in [5.41, 5.74) is 0.668. The molecule has 0 aromatic carbocycles. The maximum absolute atomic E-state index is 11.1. The van der Waals surface area contributed by atoms with Crippen molar-refractivity contribution in [2.75, 3.05) is 0 Å². The van der Waals surface area contributed by atoms with Gasteiger partial charge < -0.3 is 5.11 Å². The fourth-order valence-electron chi connectivity index (χ4n) is 5.19. The molecule has 1 aromatic heterocycles. The van der Waals surface area contributed by atoms with Crippen molar-refractivity contribution in [2.45, 2.75) is 51.0 Å². The van der Waals surface area contributed by atoms with Crippen molar-refractivity contribution < 1.29 is 5.11 Å². The average Bonchev–Trinajstić information content (AvgIpc) is 2.99. The van der Waals surface area contributed by atoms with Crippen molar-refractivity contribution in [3.05, 3.63) is 16.1 Å². The zero-order valence-corrected chi connectivity index (χ0v) is 11.7. The van der Waals surface area contributed by atoms with Crippen LogP contribution in [0.5, 0.6) is 0 Å². The number of aromatic nitrogens is 1. The van der Waals surface area contributed by atoms with Gasteiger partial charge in [0.1, 0.15) is 0 Å². The van der Waals surface area contributed by atoms with E-state index in [9.17, 15) is 5.11 Å². The van der Waals surface area contributed by atoms with Crippen LogP contribution in [0.15, 0.2) is 5.38 Å². The van der Waals surface area contributed by atoms with Crippen LogP contribution < -0.4 is 0 Å². The van der Waals surface area contributed by atoms with Crippen molar-refractivity contribution in [1.29, 1.82) is 0 Å². The Balaban J connectivity index is 1.58. The molecule has 0 aliphatic heterocycles. The van der Waals surface area contributed by atoms with Gasteiger partial charge in [0.25, 0.3) is 0 Å². The Morgan fingerprint density at radius 1 is 1.44 bits per heavy atom. The van der Waals surface area contributed by atoms with E-state index in [1.807, 2.05) is 6.92 Å². The molecule has 3 fully saturated rings. The fraction of sp³-hybridized carbons (Fsp3) is 0.800. The molecule has 18 heavy (non-hydrogen) atoms. The van der Waals surface area contributed by atoms with Crippen LogP contribution in [-0.4, -0.2) is 15.7 Å². The predicted molar refractivity (Wildman–Crippen MR) is 72.5 cm³/mol. The van der Waals surface area contributed by atoms with Gasteiger partial charge in [0, 0.05) is 17.5 Å². The van der Waals surface area contributed by atoms with Crippen LogP contribution in [0, 0.1) is 30.6 Å². The molecule has 3 saturated carbocycles. The van der Waals surface area contributed by atoms with Crippen LogP contribution in [0.2, 0.25) is 0 Å². The summed E-state index contributed by atoms with van der Waals surface area (Å²) < 4.78 is 0. The van der Waals surface area contributed by atoms with Crippen LogP contribution in [0.25, 0.3) is 0 Å². The molecule has 1 aromatic rings. The summed E-state index contributed by atoms with van der Waals surface area (Å²) >= 11 is 1.72. The van der Waals surface area contributed by atoms with Crippen LogP contribution in [0.4, 0.5) is 0 Å². The lowest BCUT2D eigenvalue weighted by molar-refractivity contribution is -0.0450. The summed E-state index contributed by atoms with van der Waals surface area (Å²) in [5, 5.41) is 14.3. The average molecular weight is 263 g/mol. The monoisotopic (exact) mass is 263 g/mol. The van der Waals surface area contributed by atoms with Gasteiger partial charge in [-0.05, 0) is 56.3 Å². The molecule has 2 bridgehead atoms. The van der Waals surface area contributed by atoms with Gasteiger partial charge >= 0.3 is 0 Å². The molecule has 5 unspecified atom stereocenters. The van der Waals surface area contributed by atoms with Gasteiger partial charge in [-0.2, -0.15) is 0 Å². The predicted octanol–water partition coefficient (Wildman–Crippen LogP) is 3.18. The zero-order chi connectivity index (χ0) is 12.3. The molecule has 98 valence electrons. The van der Waals surface area contributed by atoms with E-state index in [0.717, 1.165) is 41.3 Å². The van der Waals surface area contributed by atoms with E-state index in [-0.39, 0.29) is 0 Å². The number of aryl methyl sites for hydroxylation is 1. The van der Waals surface area contributed by atoms with Gasteiger partial charge in [0.05, 0.1) is 10.6 Å². The number of fused-ring (bicyclic) bond motifs is 5. The van der Waals surface area contributed by atoms with Crippen molar-refractivity contribution in [3.63, 3.8) is 0 Å².